The molecule has 3 aromatic rings. The van der Waals surface area contributed by atoms with Crippen LogP contribution in [0.15, 0.2) is 57.9 Å². The van der Waals surface area contributed by atoms with Crippen LogP contribution in [0.1, 0.15) is 19.8 Å². The lowest BCUT2D eigenvalue weighted by molar-refractivity contribution is 0.284. The minimum atomic E-state index is -0.0550. The van der Waals surface area contributed by atoms with Gasteiger partial charge in [0.05, 0.1) is 24.7 Å². The first-order valence-electron chi connectivity index (χ1n) is 9.63. The summed E-state index contributed by atoms with van der Waals surface area (Å²) in [7, 11) is 3.73. The number of nitrogens with zero attached hydrogens (tertiary/aromatic N) is 1. The fourth-order valence-electron chi connectivity index (χ4n) is 3.00. The second kappa shape index (κ2) is 9.42. The van der Waals surface area contributed by atoms with E-state index in [1.54, 1.807) is 19.2 Å². The number of ether oxygens (including phenoxy) is 2. The van der Waals surface area contributed by atoms with E-state index in [9.17, 15) is 4.79 Å². The third-order valence-corrected chi connectivity index (χ3v) is 4.89. The van der Waals surface area contributed by atoms with Crippen molar-refractivity contribution in [1.82, 2.24) is 4.90 Å². The second-order valence-electron chi connectivity index (χ2n) is 6.82. The van der Waals surface area contributed by atoms with Crippen LogP contribution in [0.25, 0.3) is 22.1 Å². The summed E-state index contributed by atoms with van der Waals surface area (Å²) < 4.78 is 16.7. The Bertz CT molecular complexity index is 962. The number of fused-ring (bicyclic) bond motifs is 1. The van der Waals surface area contributed by atoms with Crippen LogP contribution in [0.4, 0.5) is 0 Å². The molecule has 1 aromatic heterocycles. The summed E-state index contributed by atoms with van der Waals surface area (Å²) in [6.45, 7) is 4.93. The van der Waals surface area contributed by atoms with E-state index in [1.807, 2.05) is 30.3 Å². The molecule has 3 rings (SSSR count). The molecule has 148 valence electrons. The van der Waals surface area contributed by atoms with Gasteiger partial charge in [-0.05, 0) is 62.8 Å². The highest BCUT2D eigenvalue weighted by Crippen LogP contribution is 2.24. The summed E-state index contributed by atoms with van der Waals surface area (Å²) >= 11 is 0. The normalized spacial score (nSPS) is 11.1. The molecule has 0 amide bonds. The lowest BCUT2D eigenvalue weighted by atomic mass is 10.1. The molecule has 0 spiro atoms. The Hall–Kier alpha value is -2.79. The van der Waals surface area contributed by atoms with Crippen molar-refractivity contribution in [2.45, 2.75) is 19.8 Å². The summed E-state index contributed by atoms with van der Waals surface area (Å²) in [5.74, 6) is 1.47. The van der Waals surface area contributed by atoms with Crippen molar-refractivity contribution in [3.63, 3.8) is 0 Å². The Morgan fingerprint density at radius 3 is 2.50 bits per heavy atom. The Labute approximate surface area is 165 Å². The molecule has 0 N–H and O–H groups in total. The first-order chi connectivity index (χ1) is 13.6. The fraction of sp³-hybridized carbons (Fsp3) is 0.348. The molecule has 2 aromatic carbocycles. The minimum absolute atomic E-state index is 0.0550. The SMILES string of the molecule is CCN(C)CCCCOc1ccc2c(=O)c(-c3ccc(OC)cc3)coc2c1. The summed E-state index contributed by atoms with van der Waals surface area (Å²) in [5, 5.41) is 0.547. The molecule has 5 heteroatoms. The molecule has 0 fully saturated rings. The molecule has 0 saturated heterocycles. The summed E-state index contributed by atoms with van der Waals surface area (Å²) in [6.07, 6.45) is 3.60. The molecule has 0 radical (unpaired) electrons. The van der Waals surface area contributed by atoms with Gasteiger partial charge in [-0.2, -0.15) is 0 Å². The van der Waals surface area contributed by atoms with Gasteiger partial charge in [-0.3, -0.25) is 4.79 Å². The molecular formula is C23H27NO4. The van der Waals surface area contributed by atoms with Gasteiger partial charge in [-0.25, -0.2) is 0 Å². The van der Waals surface area contributed by atoms with E-state index < -0.39 is 0 Å². The number of hydrogen-bond acceptors (Lipinski definition) is 5. The molecule has 0 unspecified atom stereocenters. The van der Waals surface area contributed by atoms with Crippen LogP contribution < -0.4 is 14.9 Å². The van der Waals surface area contributed by atoms with Gasteiger partial charge in [-0.15, -0.1) is 0 Å². The van der Waals surface area contributed by atoms with Gasteiger partial charge < -0.3 is 18.8 Å². The quantitative estimate of drug-likeness (QED) is 0.508. The largest absolute Gasteiger partial charge is 0.497 e. The molecule has 0 aliphatic rings. The van der Waals surface area contributed by atoms with Gasteiger partial charge in [-0.1, -0.05) is 19.1 Å². The number of rotatable bonds is 9. The number of unbranched alkanes of at least 4 members (excludes halogenated alkanes) is 1. The van der Waals surface area contributed by atoms with E-state index >= 15 is 0 Å². The van der Waals surface area contributed by atoms with E-state index in [0.29, 0.717) is 23.1 Å². The van der Waals surface area contributed by atoms with Crippen LogP contribution >= 0.6 is 0 Å². The number of hydrogen-bond donors (Lipinski definition) is 0. The number of benzene rings is 2. The fourth-order valence-corrected chi connectivity index (χ4v) is 3.00. The van der Waals surface area contributed by atoms with Gasteiger partial charge in [0.2, 0.25) is 0 Å². The molecule has 5 nitrogen and oxygen atoms in total. The van der Waals surface area contributed by atoms with Crippen molar-refractivity contribution in [3.05, 3.63) is 59.0 Å². The molecule has 0 atom stereocenters. The zero-order valence-electron chi connectivity index (χ0n) is 16.7. The highest BCUT2D eigenvalue weighted by Gasteiger charge is 2.10. The maximum Gasteiger partial charge on any atom is 0.200 e. The van der Waals surface area contributed by atoms with Crippen molar-refractivity contribution in [2.75, 3.05) is 33.9 Å². The van der Waals surface area contributed by atoms with Crippen LogP contribution in [-0.4, -0.2) is 38.8 Å². The molecular weight excluding hydrogens is 354 g/mol. The van der Waals surface area contributed by atoms with Crippen molar-refractivity contribution >= 4 is 11.0 Å². The average Bonchev–Trinajstić information content (AvgIpc) is 2.73. The lowest BCUT2D eigenvalue weighted by Crippen LogP contribution is -2.19. The minimum Gasteiger partial charge on any atom is -0.497 e. The third kappa shape index (κ3) is 4.73. The van der Waals surface area contributed by atoms with Crippen molar-refractivity contribution < 1.29 is 13.9 Å². The standard InChI is InChI=1S/C23H27NO4/c1-4-24(2)13-5-6-14-27-19-11-12-20-22(15-19)28-16-21(23(20)25)17-7-9-18(26-3)10-8-17/h7-12,15-16H,4-6,13-14H2,1-3H3. The topological polar surface area (TPSA) is 51.9 Å². The predicted molar refractivity (Wildman–Crippen MR) is 112 cm³/mol. The maximum absolute atomic E-state index is 12.8. The van der Waals surface area contributed by atoms with Crippen molar-refractivity contribution in [1.29, 1.82) is 0 Å². The van der Waals surface area contributed by atoms with Crippen LogP contribution in [-0.2, 0) is 0 Å². The van der Waals surface area contributed by atoms with Gasteiger partial charge in [0.15, 0.2) is 5.43 Å². The molecule has 0 bridgehead atoms. The Kier molecular flexibility index (Phi) is 6.71. The molecule has 0 saturated carbocycles. The zero-order chi connectivity index (χ0) is 19.9. The Morgan fingerprint density at radius 1 is 1.04 bits per heavy atom. The highest BCUT2D eigenvalue weighted by atomic mass is 16.5. The monoisotopic (exact) mass is 381 g/mol. The Morgan fingerprint density at radius 2 is 1.79 bits per heavy atom. The smallest absolute Gasteiger partial charge is 0.200 e. The second-order valence-corrected chi connectivity index (χ2v) is 6.82. The molecule has 0 aliphatic heterocycles. The highest BCUT2D eigenvalue weighted by molar-refractivity contribution is 5.82. The summed E-state index contributed by atoms with van der Waals surface area (Å²) in [6, 6.07) is 12.7. The van der Waals surface area contributed by atoms with Crippen LogP contribution in [0, 0.1) is 0 Å². The Balaban J connectivity index is 1.70. The molecule has 1 heterocycles. The van der Waals surface area contributed by atoms with Gasteiger partial charge in [0.25, 0.3) is 0 Å². The van der Waals surface area contributed by atoms with Crippen molar-refractivity contribution in [3.8, 4) is 22.6 Å². The van der Waals surface area contributed by atoms with E-state index in [2.05, 4.69) is 18.9 Å². The number of methoxy groups -OCH3 is 1. The van der Waals surface area contributed by atoms with Gasteiger partial charge in [0.1, 0.15) is 23.3 Å². The van der Waals surface area contributed by atoms with E-state index in [4.69, 9.17) is 13.9 Å². The average molecular weight is 381 g/mol. The van der Waals surface area contributed by atoms with Crippen LogP contribution in [0.3, 0.4) is 0 Å². The first kappa shape index (κ1) is 20.0. The van der Waals surface area contributed by atoms with Crippen molar-refractivity contribution in [2.24, 2.45) is 0 Å². The summed E-state index contributed by atoms with van der Waals surface area (Å²) in [5.41, 5.74) is 1.81. The van der Waals surface area contributed by atoms with Gasteiger partial charge in [0, 0.05) is 6.07 Å². The van der Waals surface area contributed by atoms with Gasteiger partial charge >= 0.3 is 0 Å². The lowest BCUT2D eigenvalue weighted by Gasteiger charge is -2.13. The van der Waals surface area contributed by atoms with Crippen LogP contribution in [0.2, 0.25) is 0 Å². The summed E-state index contributed by atoms with van der Waals surface area (Å²) in [4.78, 5) is 15.1. The molecule has 28 heavy (non-hydrogen) atoms. The van der Waals surface area contributed by atoms with Crippen LogP contribution in [0.5, 0.6) is 11.5 Å². The first-order valence-corrected chi connectivity index (χ1v) is 9.63. The van der Waals surface area contributed by atoms with E-state index in [0.717, 1.165) is 43.0 Å². The predicted octanol–water partition coefficient (Wildman–Crippen LogP) is 4.58. The molecule has 0 aliphatic carbocycles. The van der Waals surface area contributed by atoms with E-state index in [1.165, 1.54) is 6.26 Å². The third-order valence-electron chi connectivity index (χ3n) is 4.89. The maximum atomic E-state index is 12.8. The van der Waals surface area contributed by atoms with E-state index in [-0.39, 0.29) is 5.43 Å². The zero-order valence-corrected chi connectivity index (χ0v) is 16.7.